The molecule has 0 spiro atoms. The number of rotatable bonds is 5. The van der Waals surface area contributed by atoms with Crippen LogP contribution in [0.4, 0.5) is 0 Å². The molecule has 8 aromatic rings. The normalized spacial score (nSPS) is 22.0. The average molecular weight is 723 g/mol. The number of allylic oxidation sites excluding steroid dienone is 12. The van der Waals surface area contributed by atoms with Gasteiger partial charge in [-0.1, -0.05) is 153 Å². The fourth-order valence-electron chi connectivity index (χ4n) is 9.86. The average Bonchev–Trinajstić information content (AvgIpc) is 3.76. The number of fused-ring (bicyclic) bond motifs is 7. The second-order valence-electron chi connectivity index (χ2n) is 16.0. The molecule has 4 nitrogen and oxygen atoms in total. The Morgan fingerprint density at radius 1 is 0.607 bits per heavy atom. The van der Waals surface area contributed by atoms with Crippen LogP contribution < -0.4 is 0 Å². The Bertz CT molecular complexity index is 3090. The molecule has 3 aliphatic rings. The molecule has 0 amide bonds. The van der Waals surface area contributed by atoms with Gasteiger partial charge in [0.25, 0.3) is 0 Å². The van der Waals surface area contributed by atoms with Gasteiger partial charge in [-0.05, 0) is 66.4 Å². The van der Waals surface area contributed by atoms with Gasteiger partial charge in [0.15, 0.2) is 0 Å². The molecule has 0 aliphatic heterocycles. The molecule has 4 atom stereocenters. The summed E-state index contributed by atoms with van der Waals surface area (Å²) in [6.45, 7) is 4.79. The Balaban J connectivity index is 1.04. The summed E-state index contributed by atoms with van der Waals surface area (Å²) in [5, 5.41) is 6.07. The van der Waals surface area contributed by atoms with Crippen LogP contribution in [0.1, 0.15) is 44.3 Å². The monoisotopic (exact) mass is 722 g/mol. The van der Waals surface area contributed by atoms with E-state index in [9.17, 15) is 0 Å². The minimum Gasteiger partial charge on any atom is -0.333 e. The van der Waals surface area contributed by atoms with Crippen molar-refractivity contribution in [2.24, 2.45) is 11.3 Å². The molecular weight excluding hydrogens is 681 g/mol. The Labute approximate surface area is 326 Å². The van der Waals surface area contributed by atoms with Crippen LogP contribution >= 0.6 is 0 Å². The minimum absolute atomic E-state index is 0.0257. The van der Waals surface area contributed by atoms with Gasteiger partial charge in [-0.2, -0.15) is 0 Å². The van der Waals surface area contributed by atoms with Crippen LogP contribution in [0, 0.1) is 11.3 Å². The molecule has 0 saturated carbocycles. The van der Waals surface area contributed by atoms with Crippen molar-refractivity contribution < 1.29 is 0 Å². The highest BCUT2D eigenvalue weighted by Crippen LogP contribution is 2.47. The van der Waals surface area contributed by atoms with Gasteiger partial charge in [-0.15, -0.1) is 0 Å². The fourth-order valence-corrected chi connectivity index (χ4v) is 9.86. The zero-order valence-corrected chi connectivity index (χ0v) is 31.7. The SMILES string of the molecule is CC1C(C2(C)C=CC=CC2)=CC=CC1n1c2ccccc2c2cc(-c3ccc4c(c3)c3ccccc3n4-c3nc(C4C=CC=CC4)c4ccccc4n3)ccc21. The van der Waals surface area contributed by atoms with Crippen molar-refractivity contribution in [2.75, 3.05) is 0 Å². The van der Waals surface area contributed by atoms with E-state index < -0.39 is 0 Å². The first kappa shape index (κ1) is 32.9. The van der Waals surface area contributed by atoms with Crippen molar-refractivity contribution >= 4 is 54.5 Å². The molecule has 5 aromatic carbocycles. The molecule has 4 heteroatoms. The zero-order valence-electron chi connectivity index (χ0n) is 31.7. The predicted octanol–water partition coefficient (Wildman–Crippen LogP) is 13.3. The number of aromatic nitrogens is 4. The highest BCUT2D eigenvalue weighted by Gasteiger charge is 2.35. The van der Waals surface area contributed by atoms with Crippen LogP contribution in [0.25, 0.3) is 71.6 Å². The molecule has 56 heavy (non-hydrogen) atoms. The predicted molar refractivity (Wildman–Crippen MR) is 234 cm³/mol. The van der Waals surface area contributed by atoms with Crippen LogP contribution in [0.2, 0.25) is 0 Å². The van der Waals surface area contributed by atoms with E-state index in [-0.39, 0.29) is 17.4 Å². The first-order chi connectivity index (χ1) is 27.6. The van der Waals surface area contributed by atoms with Crippen LogP contribution in [-0.2, 0) is 0 Å². The summed E-state index contributed by atoms with van der Waals surface area (Å²) in [6.07, 6.45) is 26.8. The summed E-state index contributed by atoms with van der Waals surface area (Å²) < 4.78 is 4.84. The number of nitrogens with zero attached hydrogens (tertiary/aromatic N) is 4. The number of hydrogen-bond acceptors (Lipinski definition) is 2. The van der Waals surface area contributed by atoms with E-state index in [2.05, 4.69) is 199 Å². The van der Waals surface area contributed by atoms with Crippen LogP contribution in [0.3, 0.4) is 0 Å². The first-order valence-corrected chi connectivity index (χ1v) is 20.0. The van der Waals surface area contributed by atoms with Gasteiger partial charge in [-0.3, -0.25) is 4.57 Å². The summed E-state index contributed by atoms with van der Waals surface area (Å²) in [4.78, 5) is 10.5. The highest BCUT2D eigenvalue weighted by atomic mass is 15.2. The molecule has 0 bridgehead atoms. The van der Waals surface area contributed by atoms with Crippen LogP contribution in [-0.4, -0.2) is 19.1 Å². The van der Waals surface area contributed by atoms with Crippen molar-refractivity contribution in [3.8, 4) is 17.1 Å². The topological polar surface area (TPSA) is 35.6 Å². The molecule has 11 rings (SSSR count). The van der Waals surface area contributed by atoms with E-state index in [1.807, 2.05) is 0 Å². The standard InChI is InChI=1S/C52H42N4/c1-34-43(52(2)30-13-4-14-31-52)21-15-25-45(34)55-46-23-11-8-18-38(46)41-32-36(26-28-48(41)55)37-27-29-49-42(33-37)39-19-9-12-24-47(39)56(49)51-53-44-22-10-7-20-40(44)50(54-51)35-16-5-3-6-17-35/h3-16,18-30,32-35,45H,17,31H2,1-2H3. The second kappa shape index (κ2) is 12.8. The number of benzene rings is 5. The number of para-hydroxylation sites is 3. The molecule has 0 fully saturated rings. The maximum atomic E-state index is 5.34. The van der Waals surface area contributed by atoms with Crippen molar-refractivity contribution in [3.05, 3.63) is 187 Å². The first-order valence-electron chi connectivity index (χ1n) is 20.0. The van der Waals surface area contributed by atoms with Crippen LogP contribution in [0.5, 0.6) is 0 Å². The zero-order chi connectivity index (χ0) is 37.4. The largest absolute Gasteiger partial charge is 0.333 e. The van der Waals surface area contributed by atoms with Gasteiger partial charge < -0.3 is 4.57 Å². The fraction of sp³-hybridized carbons (Fsp3) is 0.154. The van der Waals surface area contributed by atoms with Crippen molar-refractivity contribution in [1.82, 2.24) is 19.1 Å². The third kappa shape index (κ3) is 5.05. The molecule has 0 N–H and O–H groups in total. The Hall–Kier alpha value is -6.52. The maximum absolute atomic E-state index is 5.34. The van der Waals surface area contributed by atoms with Gasteiger partial charge in [-0.25, -0.2) is 9.97 Å². The van der Waals surface area contributed by atoms with Gasteiger partial charge in [0.1, 0.15) is 0 Å². The molecule has 0 radical (unpaired) electrons. The van der Waals surface area contributed by atoms with Gasteiger partial charge in [0.05, 0.1) is 28.3 Å². The molecule has 3 aliphatic carbocycles. The van der Waals surface area contributed by atoms with Crippen molar-refractivity contribution in [1.29, 1.82) is 0 Å². The lowest BCUT2D eigenvalue weighted by molar-refractivity contribution is 0.387. The summed E-state index contributed by atoms with van der Waals surface area (Å²) in [7, 11) is 0. The third-order valence-corrected chi connectivity index (χ3v) is 12.7. The lowest BCUT2D eigenvalue weighted by atomic mass is 9.69. The molecule has 3 heterocycles. The Morgan fingerprint density at radius 3 is 2.04 bits per heavy atom. The van der Waals surface area contributed by atoms with Crippen molar-refractivity contribution in [2.45, 2.75) is 38.6 Å². The van der Waals surface area contributed by atoms with E-state index in [4.69, 9.17) is 9.97 Å². The van der Waals surface area contributed by atoms with E-state index in [0.29, 0.717) is 11.9 Å². The second-order valence-corrected chi connectivity index (χ2v) is 16.0. The van der Waals surface area contributed by atoms with Gasteiger partial charge >= 0.3 is 0 Å². The van der Waals surface area contributed by atoms with Crippen molar-refractivity contribution in [3.63, 3.8) is 0 Å². The third-order valence-electron chi connectivity index (χ3n) is 12.7. The molecule has 0 saturated heterocycles. The van der Waals surface area contributed by atoms with Gasteiger partial charge in [0, 0.05) is 55.2 Å². The van der Waals surface area contributed by atoms with E-state index in [1.54, 1.807) is 0 Å². The van der Waals surface area contributed by atoms with E-state index in [0.717, 1.165) is 40.5 Å². The van der Waals surface area contributed by atoms with Crippen LogP contribution in [0.15, 0.2) is 182 Å². The smallest absolute Gasteiger partial charge is 0.235 e. The lowest BCUT2D eigenvalue weighted by Crippen LogP contribution is -2.28. The number of hydrogen-bond donors (Lipinski definition) is 0. The summed E-state index contributed by atoms with van der Waals surface area (Å²) in [5.41, 5.74) is 10.7. The van der Waals surface area contributed by atoms with Gasteiger partial charge in [0.2, 0.25) is 5.95 Å². The molecular formula is C52H42N4. The van der Waals surface area contributed by atoms with E-state index in [1.165, 1.54) is 49.3 Å². The quantitative estimate of drug-likeness (QED) is 0.177. The molecule has 4 unspecified atom stereocenters. The molecule has 270 valence electrons. The maximum Gasteiger partial charge on any atom is 0.235 e. The Kier molecular flexibility index (Phi) is 7.50. The van der Waals surface area contributed by atoms with E-state index >= 15 is 0 Å². The summed E-state index contributed by atoms with van der Waals surface area (Å²) in [6, 6.07) is 40.2. The lowest BCUT2D eigenvalue weighted by Gasteiger charge is -2.38. The molecule has 3 aromatic heterocycles. The Morgan fingerprint density at radius 2 is 1.27 bits per heavy atom. The minimum atomic E-state index is 0.0257. The summed E-state index contributed by atoms with van der Waals surface area (Å²) in [5.74, 6) is 1.26. The summed E-state index contributed by atoms with van der Waals surface area (Å²) >= 11 is 0. The highest BCUT2D eigenvalue weighted by molar-refractivity contribution is 6.12.